The first kappa shape index (κ1) is 12.3. The number of anilines is 1. The van der Waals surface area contributed by atoms with Crippen molar-refractivity contribution in [3.8, 4) is 0 Å². The van der Waals surface area contributed by atoms with Gasteiger partial charge < -0.3 is 10.8 Å². The molecule has 1 unspecified atom stereocenters. The molecule has 1 atom stereocenters. The molecule has 0 saturated carbocycles. The molecule has 0 amide bonds. The molecule has 1 saturated heterocycles. The van der Waals surface area contributed by atoms with Crippen molar-refractivity contribution in [1.29, 1.82) is 0 Å². The van der Waals surface area contributed by atoms with E-state index in [1.165, 1.54) is 24.8 Å². The second-order valence-electron chi connectivity index (χ2n) is 4.75. The van der Waals surface area contributed by atoms with Gasteiger partial charge in [-0.25, -0.2) is 4.98 Å². The average molecular weight is 235 g/mol. The number of hydrogen-bond donors (Lipinski definition) is 2. The minimum atomic E-state index is 0.252. The lowest BCUT2D eigenvalue weighted by Gasteiger charge is -2.28. The quantitative estimate of drug-likeness (QED) is 0.831. The molecular weight excluding hydrogens is 214 g/mol. The van der Waals surface area contributed by atoms with Gasteiger partial charge in [-0.2, -0.15) is 0 Å². The molecule has 2 rings (SSSR count). The summed E-state index contributed by atoms with van der Waals surface area (Å²) in [4.78, 5) is 6.47. The van der Waals surface area contributed by atoms with Gasteiger partial charge in [0.15, 0.2) is 0 Å². The molecule has 1 aliphatic heterocycles. The van der Waals surface area contributed by atoms with Crippen molar-refractivity contribution < 1.29 is 5.11 Å². The predicted molar refractivity (Wildman–Crippen MR) is 68.4 cm³/mol. The summed E-state index contributed by atoms with van der Waals surface area (Å²) < 4.78 is 0. The summed E-state index contributed by atoms with van der Waals surface area (Å²) in [6.45, 7) is 2.18. The number of aromatic nitrogens is 1. The van der Waals surface area contributed by atoms with E-state index in [1.807, 2.05) is 18.3 Å². The second kappa shape index (κ2) is 5.98. The van der Waals surface area contributed by atoms with Gasteiger partial charge in [0.2, 0.25) is 0 Å². The van der Waals surface area contributed by atoms with Gasteiger partial charge >= 0.3 is 0 Å². The maximum Gasteiger partial charge on any atom is 0.123 e. The van der Waals surface area contributed by atoms with Crippen LogP contribution in [0.1, 0.15) is 31.2 Å². The fraction of sp³-hybridized carbons (Fsp3) is 0.615. The maximum absolute atomic E-state index is 9.43. The van der Waals surface area contributed by atoms with E-state index in [1.54, 1.807) is 0 Å². The van der Waals surface area contributed by atoms with Crippen molar-refractivity contribution in [2.45, 2.75) is 38.3 Å². The van der Waals surface area contributed by atoms with Crippen LogP contribution in [-0.4, -0.2) is 34.2 Å². The lowest BCUT2D eigenvalue weighted by atomic mass is 10.1. The van der Waals surface area contributed by atoms with E-state index >= 15 is 0 Å². The molecular formula is C13H21N3O. The Kier molecular flexibility index (Phi) is 4.34. The van der Waals surface area contributed by atoms with E-state index < -0.39 is 0 Å². The summed E-state index contributed by atoms with van der Waals surface area (Å²) in [7, 11) is 0. The third kappa shape index (κ3) is 3.41. The normalized spacial score (nSPS) is 22.3. The largest absolute Gasteiger partial charge is 0.395 e. The minimum Gasteiger partial charge on any atom is -0.395 e. The zero-order valence-electron chi connectivity index (χ0n) is 10.2. The number of aliphatic hydroxyl groups excluding tert-OH is 1. The highest BCUT2D eigenvalue weighted by atomic mass is 16.3. The molecule has 0 spiro atoms. The molecule has 2 heterocycles. The van der Waals surface area contributed by atoms with E-state index in [2.05, 4.69) is 9.88 Å². The highest BCUT2D eigenvalue weighted by molar-refractivity contribution is 5.29. The molecule has 4 nitrogen and oxygen atoms in total. The number of nitrogens with zero attached hydrogens (tertiary/aromatic N) is 2. The van der Waals surface area contributed by atoms with Crippen LogP contribution < -0.4 is 5.73 Å². The molecule has 3 N–H and O–H groups in total. The van der Waals surface area contributed by atoms with E-state index in [0.717, 1.165) is 19.5 Å². The van der Waals surface area contributed by atoms with Gasteiger partial charge in [0.05, 0.1) is 6.61 Å². The molecule has 0 aliphatic carbocycles. The van der Waals surface area contributed by atoms with Crippen LogP contribution in [0.3, 0.4) is 0 Å². The first-order valence-electron chi connectivity index (χ1n) is 6.35. The average Bonchev–Trinajstić information content (AvgIpc) is 2.57. The van der Waals surface area contributed by atoms with Gasteiger partial charge in [0.25, 0.3) is 0 Å². The molecule has 1 aromatic heterocycles. The van der Waals surface area contributed by atoms with Gasteiger partial charge in [-0.3, -0.25) is 4.90 Å². The molecule has 0 bridgehead atoms. The van der Waals surface area contributed by atoms with Crippen molar-refractivity contribution in [1.82, 2.24) is 9.88 Å². The van der Waals surface area contributed by atoms with Crippen LogP contribution in [0, 0.1) is 0 Å². The molecule has 0 radical (unpaired) electrons. The summed E-state index contributed by atoms with van der Waals surface area (Å²) in [6, 6.07) is 4.15. The van der Waals surface area contributed by atoms with Gasteiger partial charge in [0.1, 0.15) is 5.82 Å². The van der Waals surface area contributed by atoms with Crippen molar-refractivity contribution >= 4 is 5.82 Å². The Morgan fingerprint density at radius 1 is 1.35 bits per heavy atom. The summed E-state index contributed by atoms with van der Waals surface area (Å²) in [5.74, 6) is 0.559. The fourth-order valence-electron chi connectivity index (χ4n) is 2.42. The monoisotopic (exact) mass is 235 g/mol. The molecule has 94 valence electrons. The van der Waals surface area contributed by atoms with E-state index in [-0.39, 0.29) is 6.61 Å². The predicted octanol–water partition coefficient (Wildman–Crippen LogP) is 1.40. The third-order valence-corrected chi connectivity index (χ3v) is 3.44. The summed E-state index contributed by atoms with van der Waals surface area (Å²) in [5, 5.41) is 9.43. The fourth-order valence-corrected chi connectivity index (χ4v) is 2.42. The Bertz CT molecular complexity index is 339. The maximum atomic E-state index is 9.43. The number of nitrogens with two attached hydrogens (primary N) is 1. The van der Waals surface area contributed by atoms with Gasteiger partial charge in [-0.15, -0.1) is 0 Å². The Labute approximate surface area is 102 Å². The molecule has 17 heavy (non-hydrogen) atoms. The second-order valence-corrected chi connectivity index (χ2v) is 4.75. The summed E-state index contributed by atoms with van der Waals surface area (Å²) in [6.07, 6.45) is 6.64. The van der Waals surface area contributed by atoms with E-state index in [0.29, 0.717) is 11.9 Å². The lowest BCUT2D eigenvalue weighted by molar-refractivity contribution is 0.118. The standard InChI is InChI=1S/C13H21N3O/c14-13-6-5-11(8-15-13)9-16-7-3-1-2-4-12(16)10-17/h5-6,8,12,17H,1-4,7,9-10H2,(H2,14,15). The van der Waals surface area contributed by atoms with E-state index in [4.69, 9.17) is 5.73 Å². The van der Waals surface area contributed by atoms with E-state index in [9.17, 15) is 5.11 Å². The highest BCUT2D eigenvalue weighted by Crippen LogP contribution is 2.18. The smallest absolute Gasteiger partial charge is 0.123 e. The van der Waals surface area contributed by atoms with Gasteiger partial charge in [-0.05, 0) is 31.0 Å². The zero-order chi connectivity index (χ0) is 12.1. The molecule has 1 aromatic rings. The Hall–Kier alpha value is -1.13. The third-order valence-electron chi connectivity index (χ3n) is 3.44. The van der Waals surface area contributed by atoms with Crippen LogP contribution in [0.4, 0.5) is 5.82 Å². The molecule has 0 aromatic carbocycles. The number of likely N-dealkylation sites (tertiary alicyclic amines) is 1. The van der Waals surface area contributed by atoms with Gasteiger partial charge in [-0.1, -0.05) is 18.9 Å². The van der Waals surface area contributed by atoms with Crippen molar-refractivity contribution in [3.05, 3.63) is 23.9 Å². The molecule has 1 fully saturated rings. The minimum absolute atomic E-state index is 0.252. The van der Waals surface area contributed by atoms with Crippen molar-refractivity contribution in [2.75, 3.05) is 18.9 Å². The SMILES string of the molecule is Nc1ccc(CN2CCCCCC2CO)cn1. The van der Waals surface area contributed by atoms with Crippen LogP contribution in [0.15, 0.2) is 18.3 Å². The first-order chi connectivity index (χ1) is 8.29. The summed E-state index contributed by atoms with van der Waals surface area (Å²) >= 11 is 0. The lowest BCUT2D eigenvalue weighted by Crippen LogP contribution is -2.36. The molecule has 1 aliphatic rings. The zero-order valence-corrected chi connectivity index (χ0v) is 10.2. The van der Waals surface area contributed by atoms with Crippen LogP contribution >= 0.6 is 0 Å². The first-order valence-corrected chi connectivity index (χ1v) is 6.35. The molecule has 4 heteroatoms. The van der Waals surface area contributed by atoms with Crippen molar-refractivity contribution in [2.24, 2.45) is 0 Å². The number of nitrogen functional groups attached to an aromatic ring is 1. The van der Waals surface area contributed by atoms with Crippen LogP contribution in [-0.2, 0) is 6.54 Å². The van der Waals surface area contributed by atoms with Crippen LogP contribution in [0.2, 0.25) is 0 Å². The highest BCUT2D eigenvalue weighted by Gasteiger charge is 2.20. The Morgan fingerprint density at radius 3 is 2.94 bits per heavy atom. The number of hydrogen-bond acceptors (Lipinski definition) is 4. The van der Waals surface area contributed by atoms with Gasteiger partial charge in [0, 0.05) is 18.8 Å². The Morgan fingerprint density at radius 2 is 2.24 bits per heavy atom. The number of pyridine rings is 1. The van der Waals surface area contributed by atoms with Crippen LogP contribution in [0.25, 0.3) is 0 Å². The van der Waals surface area contributed by atoms with Crippen molar-refractivity contribution in [3.63, 3.8) is 0 Å². The number of aliphatic hydroxyl groups is 1. The summed E-state index contributed by atoms with van der Waals surface area (Å²) in [5.41, 5.74) is 6.74. The number of rotatable bonds is 3. The van der Waals surface area contributed by atoms with Crippen LogP contribution in [0.5, 0.6) is 0 Å². The Balaban J connectivity index is 2.01. The topological polar surface area (TPSA) is 62.4 Å².